The second-order valence-corrected chi connectivity index (χ2v) is 7.44. The Labute approximate surface area is 190 Å². The number of hydrogen-bond acceptors (Lipinski definition) is 4. The molecule has 4 N–H and O–H groups in total. The Morgan fingerprint density at radius 3 is 2.44 bits per heavy atom. The molecule has 32 heavy (non-hydrogen) atoms. The summed E-state index contributed by atoms with van der Waals surface area (Å²) in [4.78, 5) is 27.3. The molecule has 0 spiro atoms. The maximum absolute atomic E-state index is 13.8. The lowest BCUT2D eigenvalue weighted by Crippen LogP contribution is -2.20. The third-order valence-electron chi connectivity index (χ3n) is 3.86. The zero-order valence-electron chi connectivity index (χ0n) is 17.9. The van der Waals surface area contributed by atoms with E-state index in [1.54, 1.807) is 61.2 Å². The number of pyridine rings is 1. The molecule has 0 aliphatic heterocycles. The summed E-state index contributed by atoms with van der Waals surface area (Å²) in [5, 5.41) is 5.12. The first kappa shape index (κ1) is 24.4. The van der Waals surface area contributed by atoms with Crippen molar-refractivity contribution >= 4 is 35.1 Å². The monoisotopic (exact) mass is 450 g/mol. The lowest BCUT2D eigenvalue weighted by Gasteiger charge is -2.09. The number of thioether (sulfide) groups is 1. The van der Waals surface area contributed by atoms with Crippen molar-refractivity contribution in [2.24, 2.45) is 5.73 Å². The smallest absolute Gasteiger partial charge is 0.323 e. The van der Waals surface area contributed by atoms with Gasteiger partial charge in [0.15, 0.2) is 0 Å². The number of anilines is 2. The second-order valence-electron chi connectivity index (χ2n) is 6.63. The third-order valence-corrected chi connectivity index (χ3v) is 3.86. The molecule has 0 saturated carbocycles. The summed E-state index contributed by atoms with van der Waals surface area (Å²) in [6.07, 6.45) is 6.97. The van der Waals surface area contributed by atoms with Crippen LogP contribution < -0.4 is 16.4 Å². The van der Waals surface area contributed by atoms with Gasteiger partial charge in [0, 0.05) is 29.2 Å². The Morgan fingerprint density at radius 2 is 1.72 bits per heavy atom. The predicted molar refractivity (Wildman–Crippen MR) is 128 cm³/mol. The van der Waals surface area contributed by atoms with Crippen molar-refractivity contribution in [3.8, 4) is 11.8 Å². The van der Waals surface area contributed by atoms with E-state index in [1.807, 2.05) is 12.5 Å². The van der Waals surface area contributed by atoms with E-state index in [-0.39, 0.29) is 11.3 Å². The summed E-state index contributed by atoms with van der Waals surface area (Å²) in [7, 11) is 0. The lowest BCUT2D eigenvalue weighted by atomic mass is 10.1. The number of nitrogens with one attached hydrogen (secondary N) is 2. The van der Waals surface area contributed by atoms with Crippen LogP contribution in [0.3, 0.4) is 0 Å². The molecule has 0 bridgehead atoms. The van der Waals surface area contributed by atoms with Crippen LogP contribution in [0.4, 0.5) is 20.6 Å². The summed E-state index contributed by atoms with van der Waals surface area (Å²) in [5.41, 5.74) is 8.09. The van der Waals surface area contributed by atoms with Gasteiger partial charge in [-0.15, -0.1) is 0 Å². The van der Waals surface area contributed by atoms with E-state index in [0.29, 0.717) is 16.8 Å². The number of aromatic nitrogens is 1. The Hall–Kier alpha value is -3.83. The summed E-state index contributed by atoms with van der Waals surface area (Å²) >= 11 is 1.75. The number of nitrogens with two attached hydrogens (primary N) is 1. The molecule has 0 atom stereocenters. The number of benzene rings is 2. The molecule has 6 nitrogen and oxygen atoms in total. The van der Waals surface area contributed by atoms with Gasteiger partial charge >= 0.3 is 6.03 Å². The maximum Gasteiger partial charge on any atom is 0.323 e. The standard InChI is InChI=1S/C22H17FN4O2.C2H6S/c1-14-5-8-19(23)20(9-14)27-22(29)26-18-4-2-3-15(11-18)6-7-16-10-17(21(24)28)13-25-12-16;1-3-2/h2-5,8-13H,1H3,(H2,24,28)(H2,26,27,29);1-2H3. The average Bonchev–Trinajstić information content (AvgIpc) is 2.76. The fourth-order valence-electron chi connectivity index (χ4n) is 2.48. The van der Waals surface area contributed by atoms with Crippen molar-refractivity contribution in [1.82, 2.24) is 4.98 Å². The SMILES string of the molecule is CSC.Cc1ccc(F)c(NC(=O)Nc2cccc(C#Cc3cncc(C(N)=O)c3)c2)c1. The molecule has 8 heteroatoms. The topological polar surface area (TPSA) is 97.1 Å². The van der Waals surface area contributed by atoms with E-state index in [4.69, 9.17) is 5.73 Å². The highest BCUT2D eigenvalue weighted by molar-refractivity contribution is 7.97. The molecule has 3 aromatic rings. The molecule has 1 heterocycles. The van der Waals surface area contributed by atoms with Crippen LogP contribution in [0.25, 0.3) is 0 Å². The van der Waals surface area contributed by atoms with Gasteiger partial charge in [-0.05, 0) is 61.4 Å². The molecular formula is C24H23FN4O2S. The number of amides is 3. The first-order valence-electron chi connectivity index (χ1n) is 9.43. The molecule has 0 fully saturated rings. The molecule has 3 rings (SSSR count). The zero-order chi connectivity index (χ0) is 23.5. The van der Waals surface area contributed by atoms with Crippen LogP contribution in [-0.2, 0) is 0 Å². The molecule has 2 aromatic carbocycles. The van der Waals surface area contributed by atoms with Crippen molar-refractivity contribution in [1.29, 1.82) is 0 Å². The van der Waals surface area contributed by atoms with Gasteiger partial charge in [-0.1, -0.05) is 24.0 Å². The van der Waals surface area contributed by atoms with Crippen LogP contribution in [0.1, 0.15) is 27.0 Å². The minimum absolute atomic E-state index is 0.0975. The molecular weight excluding hydrogens is 427 g/mol. The van der Waals surface area contributed by atoms with Crippen LogP contribution in [0.5, 0.6) is 0 Å². The zero-order valence-corrected chi connectivity index (χ0v) is 18.7. The Morgan fingerprint density at radius 1 is 1.00 bits per heavy atom. The number of rotatable bonds is 3. The Kier molecular flexibility index (Phi) is 9.26. The molecule has 3 amide bonds. The molecule has 0 aliphatic carbocycles. The van der Waals surface area contributed by atoms with Gasteiger partial charge in [0.1, 0.15) is 5.82 Å². The summed E-state index contributed by atoms with van der Waals surface area (Å²) in [6.45, 7) is 1.80. The van der Waals surface area contributed by atoms with Crippen molar-refractivity contribution in [2.75, 3.05) is 23.1 Å². The van der Waals surface area contributed by atoms with Crippen LogP contribution in [0.2, 0.25) is 0 Å². The number of aryl methyl sites for hydroxylation is 1. The van der Waals surface area contributed by atoms with Gasteiger partial charge in [0.2, 0.25) is 5.91 Å². The quantitative estimate of drug-likeness (QED) is 0.506. The fraction of sp³-hybridized carbons (Fsp3) is 0.125. The third kappa shape index (κ3) is 7.78. The van der Waals surface area contributed by atoms with Crippen molar-refractivity contribution in [3.63, 3.8) is 0 Å². The van der Waals surface area contributed by atoms with E-state index in [1.165, 1.54) is 18.5 Å². The number of halogens is 1. The first-order valence-corrected chi connectivity index (χ1v) is 11.1. The molecule has 0 radical (unpaired) electrons. The summed E-state index contributed by atoms with van der Waals surface area (Å²) in [5.74, 6) is 4.73. The number of nitrogens with zero attached hydrogens (tertiary/aromatic N) is 1. The molecule has 0 saturated heterocycles. The van der Waals surface area contributed by atoms with Crippen molar-refractivity contribution in [3.05, 3.63) is 89.0 Å². The van der Waals surface area contributed by atoms with Gasteiger partial charge in [-0.25, -0.2) is 9.18 Å². The van der Waals surface area contributed by atoms with Gasteiger partial charge in [-0.3, -0.25) is 9.78 Å². The Bertz CT molecular complexity index is 1170. The minimum Gasteiger partial charge on any atom is -0.366 e. The van der Waals surface area contributed by atoms with Crippen LogP contribution in [0, 0.1) is 24.6 Å². The Balaban J connectivity index is 0.00000114. The van der Waals surface area contributed by atoms with E-state index < -0.39 is 17.8 Å². The lowest BCUT2D eigenvalue weighted by molar-refractivity contribution is 0.1000. The van der Waals surface area contributed by atoms with Gasteiger partial charge in [0.25, 0.3) is 0 Å². The van der Waals surface area contributed by atoms with E-state index in [2.05, 4.69) is 27.5 Å². The average molecular weight is 451 g/mol. The fourth-order valence-corrected chi connectivity index (χ4v) is 2.48. The molecule has 0 unspecified atom stereocenters. The molecule has 0 aliphatic rings. The highest BCUT2D eigenvalue weighted by Crippen LogP contribution is 2.17. The second kappa shape index (κ2) is 12.1. The predicted octanol–water partition coefficient (Wildman–Crippen LogP) is 4.65. The van der Waals surface area contributed by atoms with Gasteiger partial charge < -0.3 is 16.4 Å². The number of carbonyl (C=O) groups is 2. The highest BCUT2D eigenvalue weighted by Gasteiger charge is 2.07. The van der Waals surface area contributed by atoms with Crippen LogP contribution >= 0.6 is 11.8 Å². The van der Waals surface area contributed by atoms with Crippen LogP contribution in [-0.4, -0.2) is 29.4 Å². The normalized spacial score (nSPS) is 9.50. The largest absolute Gasteiger partial charge is 0.366 e. The van der Waals surface area contributed by atoms with Crippen LogP contribution in [0.15, 0.2) is 60.9 Å². The van der Waals surface area contributed by atoms with Gasteiger partial charge in [0.05, 0.1) is 11.3 Å². The van der Waals surface area contributed by atoms with Gasteiger partial charge in [-0.2, -0.15) is 11.8 Å². The van der Waals surface area contributed by atoms with E-state index in [9.17, 15) is 14.0 Å². The van der Waals surface area contributed by atoms with E-state index >= 15 is 0 Å². The highest BCUT2D eigenvalue weighted by atomic mass is 32.2. The molecule has 1 aromatic heterocycles. The summed E-state index contributed by atoms with van der Waals surface area (Å²) in [6, 6.07) is 12.3. The summed E-state index contributed by atoms with van der Waals surface area (Å²) < 4.78 is 13.8. The maximum atomic E-state index is 13.8. The number of hydrogen-bond donors (Lipinski definition) is 3. The van der Waals surface area contributed by atoms with E-state index in [0.717, 1.165) is 5.56 Å². The minimum atomic E-state index is -0.580. The number of primary amides is 1. The number of carbonyl (C=O) groups excluding carboxylic acids is 2. The molecule has 164 valence electrons. The number of urea groups is 1. The van der Waals surface area contributed by atoms with Crippen molar-refractivity contribution in [2.45, 2.75) is 6.92 Å². The first-order chi connectivity index (χ1) is 15.3. The van der Waals surface area contributed by atoms with Crippen molar-refractivity contribution < 1.29 is 14.0 Å².